The van der Waals surface area contributed by atoms with Crippen molar-refractivity contribution >= 4 is 23.4 Å². The standard InChI is InChI=1S/C18H25ClN2O2/c1-13-4-6-14(7-5-13)16(22)20-15-8-10-21(11-9-15)17(23)18(2,3)12-19/h4-7,15H,8-12H2,1-3H3,(H,20,22). The summed E-state index contributed by atoms with van der Waals surface area (Å²) in [7, 11) is 0. The van der Waals surface area contributed by atoms with E-state index in [0.717, 1.165) is 18.4 Å². The first kappa shape index (κ1) is 17.8. The number of amides is 2. The number of carbonyl (C=O) groups excluding carboxylic acids is 2. The molecule has 0 unspecified atom stereocenters. The number of hydrogen-bond donors (Lipinski definition) is 1. The lowest BCUT2D eigenvalue weighted by atomic mass is 9.92. The second kappa shape index (κ2) is 7.35. The van der Waals surface area contributed by atoms with Crippen molar-refractivity contribution in [2.75, 3.05) is 19.0 Å². The van der Waals surface area contributed by atoms with Crippen molar-refractivity contribution in [2.24, 2.45) is 5.41 Å². The smallest absolute Gasteiger partial charge is 0.251 e. The number of piperidine rings is 1. The van der Waals surface area contributed by atoms with E-state index in [1.54, 1.807) is 0 Å². The van der Waals surface area contributed by atoms with Crippen LogP contribution in [0.5, 0.6) is 0 Å². The number of benzene rings is 1. The Balaban J connectivity index is 1.86. The summed E-state index contributed by atoms with van der Waals surface area (Å²) in [5.74, 6) is 0.363. The molecule has 4 nitrogen and oxygen atoms in total. The van der Waals surface area contributed by atoms with Gasteiger partial charge in [0.1, 0.15) is 0 Å². The van der Waals surface area contributed by atoms with Crippen LogP contribution < -0.4 is 5.32 Å². The average molecular weight is 337 g/mol. The first-order valence-corrected chi connectivity index (χ1v) is 8.60. The van der Waals surface area contributed by atoms with E-state index >= 15 is 0 Å². The Morgan fingerprint density at radius 1 is 1.22 bits per heavy atom. The summed E-state index contributed by atoms with van der Waals surface area (Å²) in [5.41, 5.74) is 1.28. The topological polar surface area (TPSA) is 49.4 Å². The Kier molecular flexibility index (Phi) is 5.69. The van der Waals surface area contributed by atoms with Crippen LogP contribution in [0.4, 0.5) is 0 Å². The third-order valence-electron chi connectivity index (χ3n) is 4.34. The van der Waals surface area contributed by atoms with Crippen LogP contribution >= 0.6 is 11.6 Å². The van der Waals surface area contributed by atoms with Crippen LogP contribution in [0.15, 0.2) is 24.3 Å². The molecule has 1 heterocycles. The molecule has 0 aromatic heterocycles. The van der Waals surface area contributed by atoms with Gasteiger partial charge in [0.25, 0.3) is 5.91 Å². The monoisotopic (exact) mass is 336 g/mol. The van der Waals surface area contributed by atoms with Gasteiger partial charge in [-0.15, -0.1) is 11.6 Å². The Morgan fingerprint density at radius 2 is 1.78 bits per heavy atom. The first-order chi connectivity index (χ1) is 10.8. The van der Waals surface area contributed by atoms with E-state index in [1.165, 1.54) is 0 Å². The van der Waals surface area contributed by atoms with Crippen LogP contribution in [-0.4, -0.2) is 41.7 Å². The molecule has 2 amide bonds. The highest BCUT2D eigenvalue weighted by molar-refractivity contribution is 6.19. The minimum absolute atomic E-state index is 0.0455. The number of hydrogen-bond acceptors (Lipinski definition) is 2. The Labute approximate surface area is 143 Å². The van der Waals surface area contributed by atoms with Gasteiger partial charge in [0, 0.05) is 30.6 Å². The van der Waals surface area contributed by atoms with Gasteiger partial charge in [-0.1, -0.05) is 17.7 Å². The van der Waals surface area contributed by atoms with Crippen molar-refractivity contribution in [3.05, 3.63) is 35.4 Å². The molecule has 0 radical (unpaired) electrons. The van der Waals surface area contributed by atoms with Crippen LogP contribution in [0.2, 0.25) is 0 Å². The third-order valence-corrected chi connectivity index (χ3v) is 5.01. The van der Waals surface area contributed by atoms with Crippen molar-refractivity contribution in [1.29, 1.82) is 0 Å². The molecule has 2 rings (SSSR count). The molecular formula is C18H25ClN2O2. The fraction of sp³-hybridized carbons (Fsp3) is 0.556. The maximum Gasteiger partial charge on any atom is 0.251 e. The predicted octanol–water partition coefficient (Wildman–Crippen LogP) is 2.98. The van der Waals surface area contributed by atoms with Crippen molar-refractivity contribution < 1.29 is 9.59 Å². The lowest BCUT2D eigenvalue weighted by Crippen LogP contribution is -2.50. The number of nitrogens with one attached hydrogen (secondary N) is 1. The summed E-state index contributed by atoms with van der Waals surface area (Å²) in [4.78, 5) is 26.5. The highest BCUT2D eigenvalue weighted by atomic mass is 35.5. The molecule has 1 aliphatic heterocycles. The Hall–Kier alpha value is -1.55. The van der Waals surface area contributed by atoms with Crippen molar-refractivity contribution in [1.82, 2.24) is 10.2 Å². The van der Waals surface area contributed by atoms with E-state index in [0.29, 0.717) is 24.5 Å². The van der Waals surface area contributed by atoms with Gasteiger partial charge in [-0.25, -0.2) is 0 Å². The van der Waals surface area contributed by atoms with Gasteiger partial charge in [-0.3, -0.25) is 9.59 Å². The van der Waals surface area contributed by atoms with Crippen LogP contribution in [0, 0.1) is 12.3 Å². The van der Waals surface area contributed by atoms with E-state index in [4.69, 9.17) is 11.6 Å². The average Bonchev–Trinajstić information content (AvgIpc) is 2.55. The molecule has 0 saturated carbocycles. The highest BCUT2D eigenvalue weighted by Crippen LogP contribution is 2.23. The van der Waals surface area contributed by atoms with Crippen LogP contribution in [0.3, 0.4) is 0 Å². The lowest BCUT2D eigenvalue weighted by molar-refractivity contribution is -0.140. The van der Waals surface area contributed by atoms with Gasteiger partial charge in [0.15, 0.2) is 0 Å². The molecular weight excluding hydrogens is 312 g/mol. The summed E-state index contributed by atoms with van der Waals surface area (Å²) in [6.45, 7) is 7.06. The molecule has 0 aliphatic carbocycles. The molecule has 0 spiro atoms. The molecule has 1 fully saturated rings. The molecule has 1 saturated heterocycles. The van der Waals surface area contributed by atoms with Gasteiger partial charge in [-0.2, -0.15) is 0 Å². The fourth-order valence-corrected chi connectivity index (χ4v) is 2.80. The first-order valence-electron chi connectivity index (χ1n) is 8.06. The lowest BCUT2D eigenvalue weighted by Gasteiger charge is -2.36. The van der Waals surface area contributed by atoms with Gasteiger partial charge >= 0.3 is 0 Å². The summed E-state index contributed by atoms with van der Waals surface area (Å²) >= 11 is 5.88. The minimum atomic E-state index is -0.528. The molecule has 1 aromatic carbocycles. The molecule has 1 N–H and O–H groups in total. The van der Waals surface area contributed by atoms with Gasteiger partial charge in [-0.05, 0) is 45.7 Å². The normalized spacial score (nSPS) is 16.3. The predicted molar refractivity (Wildman–Crippen MR) is 92.7 cm³/mol. The van der Waals surface area contributed by atoms with E-state index in [9.17, 15) is 9.59 Å². The number of nitrogens with zero attached hydrogens (tertiary/aromatic N) is 1. The number of rotatable bonds is 4. The summed E-state index contributed by atoms with van der Waals surface area (Å²) < 4.78 is 0. The summed E-state index contributed by atoms with van der Waals surface area (Å²) in [6.07, 6.45) is 1.56. The summed E-state index contributed by atoms with van der Waals surface area (Å²) in [6, 6.07) is 7.67. The molecule has 23 heavy (non-hydrogen) atoms. The van der Waals surface area contributed by atoms with E-state index in [1.807, 2.05) is 49.9 Å². The summed E-state index contributed by atoms with van der Waals surface area (Å²) in [5, 5.41) is 3.06. The molecule has 5 heteroatoms. The number of halogens is 1. The van der Waals surface area contributed by atoms with Crippen LogP contribution in [0.25, 0.3) is 0 Å². The SMILES string of the molecule is Cc1ccc(C(=O)NC2CCN(C(=O)C(C)(C)CCl)CC2)cc1. The number of alkyl halides is 1. The molecule has 1 aliphatic rings. The van der Waals surface area contributed by atoms with Gasteiger partial charge in [0.2, 0.25) is 5.91 Å². The third kappa shape index (κ3) is 4.47. The van der Waals surface area contributed by atoms with E-state index in [-0.39, 0.29) is 17.9 Å². The van der Waals surface area contributed by atoms with Gasteiger partial charge in [0.05, 0.1) is 5.41 Å². The van der Waals surface area contributed by atoms with Gasteiger partial charge < -0.3 is 10.2 Å². The van der Waals surface area contributed by atoms with E-state index < -0.39 is 5.41 Å². The zero-order valence-corrected chi connectivity index (χ0v) is 14.8. The van der Waals surface area contributed by atoms with Crippen molar-refractivity contribution in [3.63, 3.8) is 0 Å². The maximum atomic E-state index is 12.4. The number of likely N-dealkylation sites (tertiary alicyclic amines) is 1. The number of aryl methyl sites for hydroxylation is 1. The zero-order chi connectivity index (χ0) is 17.0. The quantitative estimate of drug-likeness (QED) is 0.859. The van der Waals surface area contributed by atoms with Crippen LogP contribution in [-0.2, 0) is 4.79 Å². The highest BCUT2D eigenvalue weighted by Gasteiger charge is 2.33. The minimum Gasteiger partial charge on any atom is -0.349 e. The largest absolute Gasteiger partial charge is 0.349 e. The second-order valence-electron chi connectivity index (χ2n) is 6.92. The molecule has 1 aromatic rings. The molecule has 126 valence electrons. The van der Waals surface area contributed by atoms with Crippen LogP contribution in [0.1, 0.15) is 42.6 Å². The Morgan fingerprint density at radius 3 is 2.30 bits per heavy atom. The fourth-order valence-electron chi connectivity index (χ4n) is 2.69. The molecule has 0 atom stereocenters. The van der Waals surface area contributed by atoms with Crippen molar-refractivity contribution in [2.45, 2.75) is 39.7 Å². The van der Waals surface area contributed by atoms with E-state index in [2.05, 4.69) is 5.32 Å². The maximum absolute atomic E-state index is 12.4. The van der Waals surface area contributed by atoms with Crippen molar-refractivity contribution in [3.8, 4) is 0 Å². The second-order valence-corrected chi connectivity index (χ2v) is 7.19. The molecule has 0 bridgehead atoms. The Bertz CT molecular complexity index is 561. The number of carbonyl (C=O) groups is 2. The zero-order valence-electron chi connectivity index (χ0n) is 14.1.